The van der Waals surface area contributed by atoms with Crippen LogP contribution in [-0.4, -0.2) is 50.0 Å². The van der Waals surface area contributed by atoms with Gasteiger partial charge in [0, 0.05) is 25.9 Å². The maximum Gasteiger partial charge on any atom is 0.234 e. The molecule has 1 aliphatic heterocycles. The lowest BCUT2D eigenvalue weighted by Gasteiger charge is -2.30. The third-order valence-corrected chi connectivity index (χ3v) is 4.58. The topological polar surface area (TPSA) is 70.6 Å². The number of rotatable bonds is 6. The van der Waals surface area contributed by atoms with Gasteiger partial charge in [0.15, 0.2) is 0 Å². The Morgan fingerprint density at radius 2 is 1.80 bits per heavy atom. The number of ether oxygens (including phenoxy) is 1. The van der Waals surface area contributed by atoms with Crippen molar-refractivity contribution in [1.82, 2.24) is 10.6 Å². The first kappa shape index (κ1) is 15.7. The van der Waals surface area contributed by atoms with Crippen molar-refractivity contribution < 1.29 is 14.6 Å². The first-order valence-electron chi connectivity index (χ1n) is 7.98. The molecule has 5 nitrogen and oxygen atoms in total. The molecule has 1 saturated heterocycles. The van der Waals surface area contributed by atoms with Gasteiger partial charge in [-0.15, -0.1) is 0 Å². The summed E-state index contributed by atoms with van der Waals surface area (Å²) in [5.41, 5.74) is 0. The summed E-state index contributed by atoms with van der Waals surface area (Å²) in [4.78, 5) is 11.8. The largest absolute Gasteiger partial charge is 0.396 e. The van der Waals surface area contributed by atoms with Crippen LogP contribution in [0.4, 0.5) is 0 Å². The molecule has 0 spiro atoms. The highest BCUT2D eigenvalue weighted by Crippen LogP contribution is 2.28. The van der Waals surface area contributed by atoms with E-state index < -0.39 is 0 Å². The highest BCUT2D eigenvalue weighted by molar-refractivity contribution is 5.78. The highest BCUT2D eigenvalue weighted by Gasteiger charge is 2.24. The van der Waals surface area contributed by atoms with Crippen molar-refractivity contribution in [2.75, 3.05) is 32.9 Å². The van der Waals surface area contributed by atoms with Crippen LogP contribution in [0.2, 0.25) is 0 Å². The second-order valence-corrected chi connectivity index (χ2v) is 6.07. The average Bonchev–Trinajstić information content (AvgIpc) is 2.49. The van der Waals surface area contributed by atoms with Gasteiger partial charge in [0.1, 0.15) is 0 Å². The minimum atomic E-state index is 0.0771. The molecule has 0 aromatic heterocycles. The second kappa shape index (κ2) is 8.60. The van der Waals surface area contributed by atoms with Crippen LogP contribution in [0.5, 0.6) is 0 Å². The molecule has 2 aliphatic rings. The Hall–Kier alpha value is -0.650. The lowest BCUT2D eigenvalue weighted by atomic mass is 9.79. The summed E-state index contributed by atoms with van der Waals surface area (Å²) in [7, 11) is 0. The monoisotopic (exact) mass is 284 g/mol. The summed E-state index contributed by atoms with van der Waals surface area (Å²) >= 11 is 0. The summed E-state index contributed by atoms with van der Waals surface area (Å²) in [6, 6.07) is 0.276. The predicted molar refractivity (Wildman–Crippen MR) is 77.4 cm³/mol. The van der Waals surface area contributed by atoms with Crippen molar-refractivity contribution in [1.29, 1.82) is 0 Å². The summed E-state index contributed by atoms with van der Waals surface area (Å²) in [6.45, 7) is 3.00. The van der Waals surface area contributed by atoms with Crippen molar-refractivity contribution in [3.8, 4) is 0 Å². The van der Waals surface area contributed by atoms with Crippen LogP contribution >= 0.6 is 0 Å². The van der Waals surface area contributed by atoms with Gasteiger partial charge in [0.05, 0.1) is 6.54 Å². The predicted octanol–water partition coefficient (Wildman–Crippen LogP) is 0.670. The normalized spacial score (nSPS) is 28.2. The van der Waals surface area contributed by atoms with Gasteiger partial charge in [0.2, 0.25) is 5.91 Å². The van der Waals surface area contributed by atoms with E-state index >= 15 is 0 Å². The van der Waals surface area contributed by atoms with E-state index in [0.717, 1.165) is 39.0 Å². The first-order valence-corrected chi connectivity index (χ1v) is 7.98. The second-order valence-electron chi connectivity index (χ2n) is 6.07. The fourth-order valence-corrected chi connectivity index (χ4v) is 3.29. The van der Waals surface area contributed by atoms with E-state index in [2.05, 4.69) is 10.6 Å². The van der Waals surface area contributed by atoms with Crippen molar-refractivity contribution >= 4 is 5.91 Å². The molecule has 0 aromatic carbocycles. The number of nitrogens with one attached hydrogen (secondary N) is 2. The SMILES string of the molecule is O=C(CNCC1CCCCC1CO)NC1CCOCC1. The summed E-state index contributed by atoms with van der Waals surface area (Å²) in [5, 5.41) is 15.7. The minimum Gasteiger partial charge on any atom is -0.396 e. The Kier molecular flexibility index (Phi) is 6.76. The number of aliphatic hydroxyl groups excluding tert-OH is 1. The smallest absolute Gasteiger partial charge is 0.234 e. The lowest BCUT2D eigenvalue weighted by Crippen LogP contribution is -2.44. The Morgan fingerprint density at radius 1 is 1.10 bits per heavy atom. The maximum absolute atomic E-state index is 11.8. The molecule has 1 saturated carbocycles. The molecule has 1 aliphatic carbocycles. The van der Waals surface area contributed by atoms with E-state index in [1.54, 1.807) is 0 Å². The Morgan fingerprint density at radius 3 is 2.50 bits per heavy atom. The maximum atomic E-state index is 11.8. The molecule has 2 atom stereocenters. The van der Waals surface area contributed by atoms with Gasteiger partial charge < -0.3 is 20.5 Å². The van der Waals surface area contributed by atoms with E-state index in [1.165, 1.54) is 19.3 Å². The molecule has 0 radical (unpaired) electrons. The van der Waals surface area contributed by atoms with E-state index in [4.69, 9.17) is 4.74 Å². The van der Waals surface area contributed by atoms with Crippen LogP contribution < -0.4 is 10.6 Å². The van der Waals surface area contributed by atoms with E-state index in [-0.39, 0.29) is 18.6 Å². The van der Waals surface area contributed by atoms with Gasteiger partial charge in [-0.2, -0.15) is 0 Å². The van der Waals surface area contributed by atoms with Gasteiger partial charge in [-0.1, -0.05) is 12.8 Å². The van der Waals surface area contributed by atoms with E-state index in [1.807, 2.05) is 0 Å². The number of carbonyl (C=O) groups is 1. The molecule has 0 aromatic rings. The fourth-order valence-electron chi connectivity index (χ4n) is 3.29. The van der Waals surface area contributed by atoms with Crippen LogP contribution in [0.3, 0.4) is 0 Å². The summed E-state index contributed by atoms with van der Waals surface area (Å²) in [5.74, 6) is 1.01. The fraction of sp³-hybridized carbons (Fsp3) is 0.933. The molecular weight excluding hydrogens is 256 g/mol. The van der Waals surface area contributed by atoms with Gasteiger partial charge in [-0.25, -0.2) is 0 Å². The van der Waals surface area contributed by atoms with Crippen LogP contribution in [0.1, 0.15) is 38.5 Å². The highest BCUT2D eigenvalue weighted by atomic mass is 16.5. The minimum absolute atomic E-state index is 0.0771. The number of amides is 1. The molecule has 2 rings (SSSR count). The van der Waals surface area contributed by atoms with E-state index in [0.29, 0.717) is 18.4 Å². The van der Waals surface area contributed by atoms with Gasteiger partial charge >= 0.3 is 0 Å². The van der Waals surface area contributed by atoms with Gasteiger partial charge in [-0.3, -0.25) is 4.79 Å². The standard InChI is InChI=1S/C15H28N2O3/c18-11-13-4-2-1-3-12(13)9-16-10-15(19)17-14-5-7-20-8-6-14/h12-14,16,18H,1-11H2,(H,17,19). The van der Waals surface area contributed by atoms with Crippen LogP contribution in [-0.2, 0) is 9.53 Å². The molecule has 1 amide bonds. The molecule has 2 unspecified atom stereocenters. The number of aliphatic hydroxyl groups is 1. The zero-order valence-electron chi connectivity index (χ0n) is 12.3. The third-order valence-electron chi connectivity index (χ3n) is 4.58. The van der Waals surface area contributed by atoms with Crippen LogP contribution in [0.15, 0.2) is 0 Å². The van der Waals surface area contributed by atoms with Gasteiger partial charge in [-0.05, 0) is 44.1 Å². The van der Waals surface area contributed by atoms with Crippen molar-refractivity contribution in [2.45, 2.75) is 44.6 Å². The van der Waals surface area contributed by atoms with Crippen molar-refractivity contribution in [3.63, 3.8) is 0 Å². The number of hydrogen-bond donors (Lipinski definition) is 3. The van der Waals surface area contributed by atoms with Crippen molar-refractivity contribution in [3.05, 3.63) is 0 Å². The summed E-state index contributed by atoms with van der Waals surface area (Å²) < 4.78 is 5.28. The molecular formula is C15H28N2O3. The molecule has 20 heavy (non-hydrogen) atoms. The quantitative estimate of drug-likeness (QED) is 0.670. The summed E-state index contributed by atoms with van der Waals surface area (Å²) in [6.07, 6.45) is 6.60. The lowest BCUT2D eigenvalue weighted by molar-refractivity contribution is -0.121. The van der Waals surface area contributed by atoms with Crippen LogP contribution in [0.25, 0.3) is 0 Å². The Bertz CT molecular complexity index is 293. The first-order chi connectivity index (χ1) is 9.79. The Labute approximate surface area is 121 Å². The zero-order valence-corrected chi connectivity index (χ0v) is 12.3. The Balaban J connectivity index is 1.60. The average molecular weight is 284 g/mol. The molecule has 5 heteroatoms. The zero-order chi connectivity index (χ0) is 14.2. The molecule has 116 valence electrons. The number of hydrogen-bond acceptors (Lipinski definition) is 4. The van der Waals surface area contributed by atoms with Gasteiger partial charge in [0.25, 0.3) is 0 Å². The molecule has 0 bridgehead atoms. The molecule has 2 fully saturated rings. The number of carbonyl (C=O) groups excluding carboxylic acids is 1. The van der Waals surface area contributed by atoms with Crippen LogP contribution in [0, 0.1) is 11.8 Å². The third kappa shape index (κ3) is 5.04. The molecule has 1 heterocycles. The molecule has 3 N–H and O–H groups in total. The van der Waals surface area contributed by atoms with Crippen molar-refractivity contribution in [2.24, 2.45) is 11.8 Å². The van der Waals surface area contributed by atoms with E-state index in [9.17, 15) is 9.90 Å².